The van der Waals surface area contributed by atoms with Crippen molar-refractivity contribution in [2.24, 2.45) is 7.05 Å². The summed E-state index contributed by atoms with van der Waals surface area (Å²) in [5.41, 5.74) is 0.847. The highest BCUT2D eigenvalue weighted by Crippen LogP contribution is 2.24. The predicted octanol–water partition coefficient (Wildman–Crippen LogP) is 2.64. The molecule has 0 saturated carbocycles. The van der Waals surface area contributed by atoms with Gasteiger partial charge in [-0.05, 0) is 24.6 Å². The van der Waals surface area contributed by atoms with Crippen LogP contribution in [0.4, 0.5) is 10.6 Å². The molecule has 8 nitrogen and oxygen atoms in total. The minimum absolute atomic E-state index is 0.347. The second-order valence-electron chi connectivity index (χ2n) is 5.53. The van der Waals surface area contributed by atoms with Gasteiger partial charge in [0.2, 0.25) is 0 Å². The normalized spacial score (nSPS) is 11.8. The molecule has 8 heteroatoms. The molecule has 0 saturated heterocycles. The second-order valence-corrected chi connectivity index (χ2v) is 5.53. The van der Waals surface area contributed by atoms with Crippen molar-refractivity contribution in [2.45, 2.75) is 13.0 Å². The smallest absolute Gasteiger partial charge is 0.321 e. The largest absolute Gasteiger partial charge is 0.497 e. The molecule has 0 fully saturated rings. The highest BCUT2D eigenvalue weighted by atomic mass is 16.5. The topological polar surface area (TPSA) is 94.2 Å². The van der Waals surface area contributed by atoms with Gasteiger partial charge in [0.25, 0.3) is 0 Å². The molecule has 0 aliphatic rings. The fourth-order valence-corrected chi connectivity index (χ4v) is 2.48. The second kappa shape index (κ2) is 7.08. The van der Waals surface area contributed by atoms with Crippen LogP contribution in [-0.2, 0) is 7.05 Å². The summed E-state index contributed by atoms with van der Waals surface area (Å²) >= 11 is 0. The average molecular weight is 341 g/mol. The van der Waals surface area contributed by atoms with Crippen molar-refractivity contribution in [3.8, 4) is 5.75 Å². The Morgan fingerprint density at radius 3 is 2.84 bits per heavy atom. The molecular formula is C17H19N5O3. The lowest BCUT2D eigenvalue weighted by Gasteiger charge is -2.19. The van der Waals surface area contributed by atoms with E-state index in [1.165, 1.54) is 0 Å². The summed E-state index contributed by atoms with van der Waals surface area (Å²) in [4.78, 5) is 16.8. The summed E-state index contributed by atoms with van der Waals surface area (Å²) in [6, 6.07) is 8.25. The molecule has 3 aromatic rings. The molecule has 130 valence electrons. The number of benzene rings is 1. The van der Waals surface area contributed by atoms with Crippen molar-refractivity contribution < 1.29 is 14.1 Å². The van der Waals surface area contributed by atoms with Crippen LogP contribution >= 0.6 is 0 Å². The molecular weight excluding hydrogens is 322 g/mol. The summed E-state index contributed by atoms with van der Waals surface area (Å²) in [5, 5.41) is 9.32. The van der Waals surface area contributed by atoms with Gasteiger partial charge in [-0.2, -0.15) is 0 Å². The van der Waals surface area contributed by atoms with Gasteiger partial charge in [0.15, 0.2) is 5.82 Å². The number of hydrogen-bond acceptors (Lipinski definition) is 5. The number of ether oxygens (including phenoxy) is 1. The van der Waals surface area contributed by atoms with E-state index < -0.39 is 12.1 Å². The Bertz CT molecular complexity index is 871. The number of aryl methyl sites for hydroxylation is 2. The molecule has 0 radical (unpaired) electrons. The first-order valence-corrected chi connectivity index (χ1v) is 7.69. The van der Waals surface area contributed by atoms with Crippen molar-refractivity contribution >= 4 is 11.8 Å². The lowest BCUT2D eigenvalue weighted by atomic mass is 10.1. The number of imidazole rings is 1. The Labute approximate surface area is 144 Å². The Morgan fingerprint density at radius 1 is 1.36 bits per heavy atom. The van der Waals surface area contributed by atoms with Gasteiger partial charge in [-0.1, -0.05) is 17.3 Å². The lowest BCUT2D eigenvalue weighted by Crippen LogP contribution is -2.34. The third-order valence-corrected chi connectivity index (χ3v) is 3.69. The van der Waals surface area contributed by atoms with Crippen LogP contribution < -0.4 is 15.4 Å². The molecule has 2 heterocycles. The average Bonchev–Trinajstić information content (AvgIpc) is 3.21. The first kappa shape index (κ1) is 16.6. The third-order valence-electron chi connectivity index (χ3n) is 3.69. The minimum Gasteiger partial charge on any atom is -0.497 e. The highest BCUT2D eigenvalue weighted by Gasteiger charge is 2.21. The van der Waals surface area contributed by atoms with Crippen molar-refractivity contribution in [1.29, 1.82) is 0 Å². The van der Waals surface area contributed by atoms with Crippen LogP contribution in [0, 0.1) is 6.92 Å². The molecule has 2 aromatic heterocycles. The van der Waals surface area contributed by atoms with E-state index in [4.69, 9.17) is 9.26 Å². The first-order chi connectivity index (χ1) is 12.1. The number of rotatable bonds is 5. The van der Waals surface area contributed by atoms with Crippen LogP contribution in [0.5, 0.6) is 5.75 Å². The maximum atomic E-state index is 12.4. The van der Waals surface area contributed by atoms with Gasteiger partial charge in [0.1, 0.15) is 23.4 Å². The van der Waals surface area contributed by atoms with Crippen LogP contribution in [0.15, 0.2) is 47.2 Å². The summed E-state index contributed by atoms with van der Waals surface area (Å²) < 4.78 is 12.1. The van der Waals surface area contributed by atoms with E-state index in [9.17, 15) is 4.79 Å². The van der Waals surface area contributed by atoms with E-state index in [0.717, 1.165) is 5.56 Å². The summed E-state index contributed by atoms with van der Waals surface area (Å²) in [5.74, 6) is 2.36. The van der Waals surface area contributed by atoms with Crippen LogP contribution in [0.3, 0.4) is 0 Å². The monoisotopic (exact) mass is 341 g/mol. The van der Waals surface area contributed by atoms with E-state index in [0.29, 0.717) is 23.2 Å². The molecule has 1 unspecified atom stereocenters. The number of nitrogens with zero attached hydrogens (tertiary/aromatic N) is 3. The maximum Gasteiger partial charge on any atom is 0.321 e. The molecule has 1 atom stereocenters. The van der Waals surface area contributed by atoms with Gasteiger partial charge >= 0.3 is 6.03 Å². The minimum atomic E-state index is -0.455. The SMILES string of the molecule is COc1cccc(C(NC(=O)Nc2cc(C)on2)c2nccn2C)c1. The van der Waals surface area contributed by atoms with E-state index in [2.05, 4.69) is 20.8 Å². The van der Waals surface area contributed by atoms with Crippen molar-refractivity contribution in [2.75, 3.05) is 12.4 Å². The zero-order valence-corrected chi connectivity index (χ0v) is 14.2. The number of anilines is 1. The van der Waals surface area contributed by atoms with Gasteiger partial charge in [0, 0.05) is 25.5 Å². The number of carbonyl (C=O) groups is 1. The zero-order valence-electron chi connectivity index (χ0n) is 14.2. The number of urea groups is 1. The van der Waals surface area contributed by atoms with Gasteiger partial charge in [-0.25, -0.2) is 9.78 Å². The van der Waals surface area contributed by atoms with Crippen LogP contribution in [-0.4, -0.2) is 27.8 Å². The maximum absolute atomic E-state index is 12.4. The lowest BCUT2D eigenvalue weighted by molar-refractivity contribution is 0.249. The van der Waals surface area contributed by atoms with Gasteiger partial charge in [0.05, 0.1) is 7.11 Å². The number of aromatic nitrogens is 3. The molecule has 3 rings (SSSR count). The molecule has 0 aliphatic carbocycles. The fourth-order valence-electron chi connectivity index (χ4n) is 2.48. The van der Waals surface area contributed by atoms with Crippen LogP contribution in [0.2, 0.25) is 0 Å². The van der Waals surface area contributed by atoms with E-state index >= 15 is 0 Å². The number of methoxy groups -OCH3 is 1. The Balaban J connectivity index is 1.86. The van der Waals surface area contributed by atoms with Gasteiger partial charge < -0.3 is 19.1 Å². The van der Waals surface area contributed by atoms with Crippen molar-refractivity contribution in [3.63, 3.8) is 0 Å². The third kappa shape index (κ3) is 3.79. The molecule has 25 heavy (non-hydrogen) atoms. The summed E-state index contributed by atoms with van der Waals surface area (Å²) in [7, 11) is 3.47. The van der Waals surface area contributed by atoms with Gasteiger partial charge in [-0.15, -0.1) is 0 Å². The molecule has 0 bridgehead atoms. The van der Waals surface area contributed by atoms with Gasteiger partial charge in [-0.3, -0.25) is 5.32 Å². The van der Waals surface area contributed by atoms with E-state index in [1.54, 1.807) is 26.3 Å². The highest BCUT2D eigenvalue weighted by molar-refractivity contribution is 5.88. The Morgan fingerprint density at radius 2 is 2.20 bits per heavy atom. The van der Waals surface area contributed by atoms with E-state index in [1.807, 2.05) is 42.1 Å². The molecule has 0 aliphatic heterocycles. The number of carbonyl (C=O) groups excluding carboxylic acids is 1. The number of hydrogen-bond donors (Lipinski definition) is 2. The summed E-state index contributed by atoms with van der Waals surface area (Å²) in [6.07, 6.45) is 3.51. The molecule has 1 aromatic carbocycles. The standard InChI is InChI=1S/C17H19N5O3/c1-11-9-14(21-25-11)19-17(23)20-15(16-18-7-8-22(16)2)12-5-4-6-13(10-12)24-3/h4-10,15H,1-3H3,(H2,19,20,21,23). The quantitative estimate of drug-likeness (QED) is 0.744. The predicted molar refractivity (Wildman–Crippen MR) is 91.4 cm³/mol. The van der Waals surface area contributed by atoms with Crippen LogP contribution in [0.25, 0.3) is 0 Å². The van der Waals surface area contributed by atoms with Crippen LogP contribution in [0.1, 0.15) is 23.2 Å². The zero-order chi connectivity index (χ0) is 17.8. The fraction of sp³-hybridized carbons (Fsp3) is 0.235. The Kier molecular flexibility index (Phi) is 4.69. The van der Waals surface area contributed by atoms with E-state index in [-0.39, 0.29) is 0 Å². The first-order valence-electron chi connectivity index (χ1n) is 7.69. The molecule has 0 spiro atoms. The molecule has 2 N–H and O–H groups in total. The van der Waals surface area contributed by atoms with Crippen molar-refractivity contribution in [3.05, 3.63) is 59.9 Å². The summed E-state index contributed by atoms with van der Waals surface area (Å²) in [6.45, 7) is 1.75. The number of amides is 2. The van der Waals surface area contributed by atoms with Crippen molar-refractivity contribution in [1.82, 2.24) is 20.0 Å². The number of nitrogens with one attached hydrogen (secondary N) is 2. The molecule has 2 amide bonds. The Hall–Kier alpha value is -3.29.